The number of nitrogens with two attached hydrogens (primary N) is 1. The van der Waals surface area contributed by atoms with Gasteiger partial charge in [-0.3, -0.25) is 5.41 Å². The van der Waals surface area contributed by atoms with E-state index in [2.05, 4.69) is 25.8 Å². The van der Waals surface area contributed by atoms with Crippen molar-refractivity contribution in [3.05, 3.63) is 29.3 Å². The van der Waals surface area contributed by atoms with E-state index in [-0.39, 0.29) is 5.84 Å². The molecule has 0 aliphatic heterocycles. The molecule has 0 fully saturated rings. The van der Waals surface area contributed by atoms with Gasteiger partial charge in [-0.25, -0.2) is 0 Å². The number of rotatable bonds is 6. The Morgan fingerprint density at radius 1 is 1.44 bits per heavy atom. The van der Waals surface area contributed by atoms with Crippen LogP contribution in [0.4, 0.5) is 0 Å². The maximum absolute atomic E-state index is 7.56. The fourth-order valence-electron chi connectivity index (χ4n) is 2.06. The fraction of sp³-hybridized carbons (Fsp3) is 0.500. The van der Waals surface area contributed by atoms with Crippen LogP contribution in [-0.2, 0) is 6.54 Å². The van der Waals surface area contributed by atoms with Crippen LogP contribution in [0.3, 0.4) is 0 Å². The number of ether oxygens (including phenoxy) is 1. The molecule has 1 rings (SSSR count). The summed E-state index contributed by atoms with van der Waals surface area (Å²) in [5, 5.41) is 7.56. The molecule has 4 heteroatoms. The highest BCUT2D eigenvalue weighted by atomic mass is 16.5. The molecule has 0 bridgehead atoms. The summed E-state index contributed by atoms with van der Waals surface area (Å²) in [6.07, 6.45) is 0. The van der Waals surface area contributed by atoms with E-state index < -0.39 is 0 Å². The van der Waals surface area contributed by atoms with E-state index in [1.165, 1.54) is 0 Å². The molecule has 0 spiro atoms. The molecule has 1 aromatic rings. The fourth-order valence-corrected chi connectivity index (χ4v) is 2.06. The van der Waals surface area contributed by atoms with Gasteiger partial charge in [-0.05, 0) is 30.7 Å². The number of hydrogen-bond donors (Lipinski definition) is 2. The number of benzene rings is 1. The Balaban J connectivity index is 2.85. The first-order chi connectivity index (χ1) is 8.43. The van der Waals surface area contributed by atoms with Gasteiger partial charge in [0.1, 0.15) is 11.6 Å². The van der Waals surface area contributed by atoms with Crippen molar-refractivity contribution in [1.82, 2.24) is 4.90 Å². The minimum atomic E-state index is 0.0419. The van der Waals surface area contributed by atoms with Gasteiger partial charge in [0.05, 0.1) is 12.7 Å². The van der Waals surface area contributed by atoms with Gasteiger partial charge in [0.2, 0.25) is 0 Å². The molecule has 0 amide bonds. The predicted molar refractivity (Wildman–Crippen MR) is 75.2 cm³/mol. The average Bonchev–Trinajstić information content (AvgIpc) is 2.27. The molecular weight excluding hydrogens is 226 g/mol. The van der Waals surface area contributed by atoms with Crippen molar-refractivity contribution in [2.24, 2.45) is 11.7 Å². The second kappa shape index (κ2) is 6.40. The van der Waals surface area contributed by atoms with Gasteiger partial charge in [-0.2, -0.15) is 0 Å². The van der Waals surface area contributed by atoms with Crippen molar-refractivity contribution >= 4 is 5.84 Å². The molecule has 0 radical (unpaired) electrons. The highest BCUT2D eigenvalue weighted by Gasteiger charge is 2.09. The van der Waals surface area contributed by atoms with E-state index in [0.717, 1.165) is 18.7 Å². The lowest BCUT2D eigenvalue weighted by Gasteiger charge is -2.19. The van der Waals surface area contributed by atoms with Crippen molar-refractivity contribution in [3.63, 3.8) is 0 Å². The summed E-state index contributed by atoms with van der Waals surface area (Å²) in [4.78, 5) is 2.26. The Kier molecular flexibility index (Phi) is 5.16. The minimum Gasteiger partial charge on any atom is -0.496 e. The number of nitrogens with one attached hydrogen (secondary N) is 1. The summed E-state index contributed by atoms with van der Waals surface area (Å²) in [5.74, 6) is 1.33. The maximum atomic E-state index is 7.56. The van der Waals surface area contributed by atoms with Crippen molar-refractivity contribution in [3.8, 4) is 5.75 Å². The Labute approximate surface area is 109 Å². The van der Waals surface area contributed by atoms with Crippen LogP contribution in [0.15, 0.2) is 18.2 Å². The van der Waals surface area contributed by atoms with Gasteiger partial charge in [-0.1, -0.05) is 19.9 Å². The molecule has 0 aromatic heterocycles. The Morgan fingerprint density at radius 2 is 2.11 bits per heavy atom. The van der Waals surface area contributed by atoms with E-state index in [1.54, 1.807) is 7.11 Å². The highest BCUT2D eigenvalue weighted by Crippen LogP contribution is 2.20. The van der Waals surface area contributed by atoms with Gasteiger partial charge < -0.3 is 15.4 Å². The Hall–Kier alpha value is -1.55. The summed E-state index contributed by atoms with van der Waals surface area (Å²) in [7, 11) is 3.68. The molecule has 0 saturated heterocycles. The topological polar surface area (TPSA) is 62.3 Å². The van der Waals surface area contributed by atoms with Crippen LogP contribution in [0.1, 0.15) is 25.0 Å². The summed E-state index contributed by atoms with van der Waals surface area (Å²) >= 11 is 0. The van der Waals surface area contributed by atoms with Crippen molar-refractivity contribution < 1.29 is 4.74 Å². The number of nitrogens with zero attached hydrogens (tertiary/aromatic N) is 1. The molecule has 0 saturated carbocycles. The van der Waals surface area contributed by atoms with Gasteiger partial charge in [-0.15, -0.1) is 0 Å². The van der Waals surface area contributed by atoms with Gasteiger partial charge >= 0.3 is 0 Å². The van der Waals surface area contributed by atoms with Crippen LogP contribution >= 0.6 is 0 Å². The standard InChI is InChI=1S/C14H23N3O/c1-10(2)8-17(3)9-11-5-6-13(18-4)12(7-11)14(15)16/h5-7,10H,8-9H2,1-4H3,(H3,15,16). The van der Waals surface area contributed by atoms with Crippen LogP contribution in [0.2, 0.25) is 0 Å². The maximum Gasteiger partial charge on any atom is 0.129 e. The zero-order chi connectivity index (χ0) is 13.7. The zero-order valence-electron chi connectivity index (χ0n) is 11.7. The molecule has 0 atom stereocenters. The Morgan fingerprint density at radius 3 is 2.61 bits per heavy atom. The highest BCUT2D eigenvalue weighted by molar-refractivity contribution is 5.97. The summed E-state index contributed by atoms with van der Waals surface area (Å²) in [6.45, 7) is 6.29. The number of amidine groups is 1. The predicted octanol–water partition coefficient (Wildman–Crippen LogP) is 2.07. The first-order valence-electron chi connectivity index (χ1n) is 6.14. The second-order valence-electron chi connectivity index (χ2n) is 5.04. The molecule has 4 nitrogen and oxygen atoms in total. The van der Waals surface area contributed by atoms with Crippen molar-refractivity contribution in [1.29, 1.82) is 5.41 Å². The molecular formula is C14H23N3O. The van der Waals surface area contributed by atoms with Gasteiger partial charge in [0, 0.05) is 13.1 Å². The van der Waals surface area contributed by atoms with Crippen LogP contribution in [0, 0.1) is 11.3 Å². The third kappa shape index (κ3) is 4.04. The lowest BCUT2D eigenvalue weighted by molar-refractivity contribution is 0.288. The number of hydrogen-bond acceptors (Lipinski definition) is 3. The summed E-state index contributed by atoms with van der Waals surface area (Å²) < 4.78 is 5.20. The number of methoxy groups -OCH3 is 1. The minimum absolute atomic E-state index is 0.0419. The molecule has 0 aliphatic carbocycles. The van der Waals surface area contributed by atoms with E-state index in [1.807, 2.05) is 18.2 Å². The van der Waals surface area contributed by atoms with Crippen molar-refractivity contribution in [2.45, 2.75) is 20.4 Å². The first kappa shape index (κ1) is 14.5. The van der Waals surface area contributed by atoms with Gasteiger partial charge in [0.25, 0.3) is 0 Å². The van der Waals surface area contributed by atoms with E-state index in [4.69, 9.17) is 15.9 Å². The van der Waals surface area contributed by atoms with Crippen LogP contribution in [0.5, 0.6) is 5.75 Å². The summed E-state index contributed by atoms with van der Waals surface area (Å²) in [5.41, 5.74) is 7.36. The molecule has 18 heavy (non-hydrogen) atoms. The second-order valence-corrected chi connectivity index (χ2v) is 5.04. The van der Waals surface area contributed by atoms with E-state index >= 15 is 0 Å². The van der Waals surface area contributed by atoms with Gasteiger partial charge in [0.15, 0.2) is 0 Å². The number of nitrogen functional groups attached to an aromatic ring is 1. The van der Waals surface area contributed by atoms with E-state index in [9.17, 15) is 0 Å². The monoisotopic (exact) mass is 249 g/mol. The molecule has 0 aliphatic rings. The lowest BCUT2D eigenvalue weighted by atomic mass is 10.1. The smallest absolute Gasteiger partial charge is 0.129 e. The zero-order valence-corrected chi connectivity index (χ0v) is 11.7. The van der Waals surface area contributed by atoms with E-state index in [0.29, 0.717) is 17.2 Å². The normalized spacial score (nSPS) is 11.0. The lowest BCUT2D eigenvalue weighted by Crippen LogP contribution is -2.23. The Bertz CT molecular complexity index is 416. The largest absolute Gasteiger partial charge is 0.496 e. The van der Waals surface area contributed by atoms with Crippen LogP contribution in [-0.4, -0.2) is 31.4 Å². The molecule has 100 valence electrons. The molecule has 0 unspecified atom stereocenters. The molecule has 0 heterocycles. The van der Waals surface area contributed by atoms with Crippen LogP contribution < -0.4 is 10.5 Å². The third-order valence-electron chi connectivity index (χ3n) is 2.68. The third-order valence-corrected chi connectivity index (χ3v) is 2.68. The van der Waals surface area contributed by atoms with Crippen molar-refractivity contribution in [2.75, 3.05) is 20.7 Å². The molecule has 3 N–H and O–H groups in total. The SMILES string of the molecule is COc1ccc(CN(C)CC(C)C)cc1C(=N)N. The summed E-state index contributed by atoms with van der Waals surface area (Å²) in [6, 6.07) is 5.81. The van der Waals surface area contributed by atoms with Crippen LogP contribution in [0.25, 0.3) is 0 Å². The quantitative estimate of drug-likeness (QED) is 0.599. The molecule has 1 aromatic carbocycles. The average molecular weight is 249 g/mol. The first-order valence-corrected chi connectivity index (χ1v) is 6.14.